The van der Waals surface area contributed by atoms with Crippen LogP contribution in [-0.2, 0) is 13.1 Å². The number of anilines is 2. The summed E-state index contributed by atoms with van der Waals surface area (Å²) in [4.78, 5) is 4.61. The summed E-state index contributed by atoms with van der Waals surface area (Å²) in [6, 6.07) is 13.9. The van der Waals surface area contributed by atoms with Gasteiger partial charge in [-0.3, -0.25) is 4.99 Å². The third kappa shape index (κ3) is 3.06. The summed E-state index contributed by atoms with van der Waals surface area (Å²) in [5.74, 6) is 0.590. The second-order valence-corrected chi connectivity index (χ2v) is 4.59. The maximum Gasteiger partial charge on any atom is 0.149 e. The Morgan fingerprint density at radius 3 is 2.62 bits per heavy atom. The molecule has 0 saturated carbocycles. The Hall–Kier alpha value is -2.74. The average Bonchev–Trinajstić information content (AvgIpc) is 2.53. The molecule has 1 heterocycles. The number of pyridine rings is 1. The number of benzene rings is 1. The molecule has 0 radical (unpaired) electrons. The number of nitrogen functional groups attached to an aromatic ring is 1. The first-order chi connectivity index (χ1) is 10.2. The number of nitrogens with zero attached hydrogens (tertiary/aromatic N) is 3. The first kappa shape index (κ1) is 14.7. The Bertz CT molecular complexity index is 723. The molecule has 0 saturated heterocycles. The summed E-state index contributed by atoms with van der Waals surface area (Å²) in [7, 11) is 1.77. The van der Waals surface area contributed by atoms with Crippen molar-refractivity contribution in [3.05, 3.63) is 53.0 Å². The summed E-state index contributed by atoms with van der Waals surface area (Å²) in [6.45, 7) is 3.17. The van der Waals surface area contributed by atoms with Crippen molar-refractivity contribution in [2.24, 2.45) is 4.99 Å². The maximum absolute atomic E-state index is 9.43. The third-order valence-electron chi connectivity index (χ3n) is 3.30. The second kappa shape index (κ2) is 6.62. The number of nitriles is 1. The van der Waals surface area contributed by atoms with Gasteiger partial charge in [0.1, 0.15) is 22.9 Å². The molecule has 0 amide bonds. The van der Waals surface area contributed by atoms with E-state index in [0.29, 0.717) is 35.6 Å². The van der Waals surface area contributed by atoms with Gasteiger partial charge in [-0.25, -0.2) is 0 Å². The van der Waals surface area contributed by atoms with Gasteiger partial charge in [-0.2, -0.15) is 5.26 Å². The fourth-order valence-electron chi connectivity index (χ4n) is 2.23. The Morgan fingerprint density at radius 2 is 2.05 bits per heavy atom. The van der Waals surface area contributed by atoms with E-state index in [-0.39, 0.29) is 0 Å². The number of nitrogens with two attached hydrogens (primary N) is 1. The lowest BCUT2D eigenvalue weighted by atomic mass is 10.2. The summed E-state index contributed by atoms with van der Waals surface area (Å²) >= 11 is 0. The average molecular weight is 281 g/mol. The third-order valence-corrected chi connectivity index (χ3v) is 3.30. The highest BCUT2D eigenvalue weighted by atomic mass is 15.1. The molecular weight excluding hydrogens is 262 g/mol. The van der Waals surface area contributed by atoms with Crippen LogP contribution < -0.4 is 16.5 Å². The molecule has 3 N–H and O–H groups in total. The minimum absolute atomic E-state index is 0.516. The van der Waals surface area contributed by atoms with Crippen LogP contribution in [0.1, 0.15) is 18.1 Å². The zero-order chi connectivity index (χ0) is 15.2. The Balaban J connectivity index is 2.60. The van der Waals surface area contributed by atoms with Crippen LogP contribution >= 0.6 is 0 Å². The first-order valence-electron chi connectivity index (χ1n) is 6.86. The van der Waals surface area contributed by atoms with E-state index in [4.69, 9.17) is 5.73 Å². The SMILES string of the molecule is CCn1c(N)cc(NC)c(C#N)/c1=N/Cc1ccccc1. The van der Waals surface area contributed by atoms with E-state index < -0.39 is 0 Å². The molecule has 1 aromatic carbocycles. The highest BCUT2D eigenvalue weighted by Crippen LogP contribution is 2.14. The summed E-state index contributed by atoms with van der Waals surface area (Å²) in [5, 5.41) is 12.4. The van der Waals surface area contributed by atoms with Gasteiger partial charge >= 0.3 is 0 Å². The lowest BCUT2D eigenvalue weighted by Crippen LogP contribution is -2.27. The van der Waals surface area contributed by atoms with Crippen LogP contribution in [0.15, 0.2) is 41.4 Å². The largest absolute Gasteiger partial charge is 0.387 e. The van der Waals surface area contributed by atoms with Gasteiger partial charge in [0.2, 0.25) is 0 Å². The molecule has 1 aromatic heterocycles. The van der Waals surface area contributed by atoms with Crippen LogP contribution in [0.25, 0.3) is 0 Å². The van der Waals surface area contributed by atoms with Crippen molar-refractivity contribution in [2.45, 2.75) is 20.0 Å². The van der Waals surface area contributed by atoms with Crippen molar-refractivity contribution in [3.8, 4) is 6.07 Å². The zero-order valence-electron chi connectivity index (χ0n) is 12.3. The minimum Gasteiger partial charge on any atom is -0.387 e. The van der Waals surface area contributed by atoms with E-state index in [1.165, 1.54) is 0 Å². The highest BCUT2D eigenvalue weighted by Gasteiger charge is 2.09. The number of nitrogens with one attached hydrogen (secondary N) is 1. The van der Waals surface area contributed by atoms with Gasteiger partial charge < -0.3 is 15.6 Å². The Kier molecular flexibility index (Phi) is 4.62. The van der Waals surface area contributed by atoms with E-state index in [1.54, 1.807) is 13.1 Å². The van der Waals surface area contributed by atoms with Gasteiger partial charge in [0.15, 0.2) is 0 Å². The number of hydrogen-bond acceptors (Lipinski definition) is 4. The highest BCUT2D eigenvalue weighted by molar-refractivity contribution is 5.60. The number of hydrogen-bond donors (Lipinski definition) is 2. The zero-order valence-corrected chi connectivity index (χ0v) is 12.3. The van der Waals surface area contributed by atoms with Crippen LogP contribution in [0.4, 0.5) is 11.5 Å². The first-order valence-corrected chi connectivity index (χ1v) is 6.86. The Morgan fingerprint density at radius 1 is 1.33 bits per heavy atom. The predicted molar refractivity (Wildman–Crippen MR) is 84.5 cm³/mol. The fraction of sp³-hybridized carbons (Fsp3) is 0.250. The maximum atomic E-state index is 9.43. The molecule has 0 unspecified atom stereocenters. The van der Waals surface area contributed by atoms with Gasteiger partial charge in [0.05, 0.1) is 12.2 Å². The lowest BCUT2D eigenvalue weighted by molar-refractivity contribution is 0.707. The van der Waals surface area contributed by atoms with Gasteiger partial charge in [-0.1, -0.05) is 30.3 Å². The molecule has 0 bridgehead atoms. The molecule has 0 atom stereocenters. The normalized spacial score (nSPS) is 11.2. The topological polar surface area (TPSA) is 79.1 Å². The van der Waals surface area contributed by atoms with E-state index in [1.807, 2.05) is 41.8 Å². The van der Waals surface area contributed by atoms with Crippen molar-refractivity contribution in [1.82, 2.24) is 4.57 Å². The molecule has 0 aliphatic carbocycles. The Labute approximate surface area is 124 Å². The van der Waals surface area contributed by atoms with Crippen LogP contribution in [-0.4, -0.2) is 11.6 Å². The molecule has 5 nitrogen and oxygen atoms in total. The van der Waals surface area contributed by atoms with E-state index in [9.17, 15) is 5.26 Å². The number of aromatic nitrogens is 1. The molecule has 0 spiro atoms. The van der Waals surface area contributed by atoms with Crippen LogP contribution in [0.5, 0.6) is 0 Å². The molecule has 0 fully saturated rings. The van der Waals surface area contributed by atoms with E-state index in [2.05, 4.69) is 16.4 Å². The van der Waals surface area contributed by atoms with Crippen molar-refractivity contribution in [2.75, 3.05) is 18.1 Å². The van der Waals surface area contributed by atoms with Crippen molar-refractivity contribution < 1.29 is 0 Å². The smallest absolute Gasteiger partial charge is 0.149 e. The van der Waals surface area contributed by atoms with Crippen LogP contribution in [0, 0.1) is 11.3 Å². The van der Waals surface area contributed by atoms with E-state index >= 15 is 0 Å². The van der Waals surface area contributed by atoms with Crippen LogP contribution in [0.2, 0.25) is 0 Å². The fourth-order valence-corrected chi connectivity index (χ4v) is 2.23. The number of rotatable bonds is 4. The molecule has 2 rings (SSSR count). The monoisotopic (exact) mass is 281 g/mol. The molecule has 0 aliphatic heterocycles. The lowest BCUT2D eigenvalue weighted by Gasteiger charge is -2.13. The van der Waals surface area contributed by atoms with Gasteiger partial charge in [0.25, 0.3) is 0 Å². The molecule has 21 heavy (non-hydrogen) atoms. The minimum atomic E-state index is 0.516. The van der Waals surface area contributed by atoms with Gasteiger partial charge in [-0.05, 0) is 12.5 Å². The predicted octanol–water partition coefficient (Wildman–Crippen LogP) is 2.10. The summed E-state index contributed by atoms with van der Waals surface area (Å²) < 4.78 is 1.85. The molecule has 108 valence electrons. The quantitative estimate of drug-likeness (QED) is 0.900. The van der Waals surface area contributed by atoms with Gasteiger partial charge in [0, 0.05) is 19.7 Å². The molecule has 0 aliphatic rings. The second-order valence-electron chi connectivity index (χ2n) is 4.59. The van der Waals surface area contributed by atoms with Crippen molar-refractivity contribution >= 4 is 11.5 Å². The van der Waals surface area contributed by atoms with E-state index in [0.717, 1.165) is 5.56 Å². The van der Waals surface area contributed by atoms with Crippen molar-refractivity contribution in [3.63, 3.8) is 0 Å². The molecule has 2 aromatic rings. The molecule has 5 heteroatoms. The van der Waals surface area contributed by atoms with Crippen molar-refractivity contribution in [1.29, 1.82) is 5.26 Å². The standard InChI is InChI=1S/C16H19N5/c1-3-21-15(18)9-14(19-2)13(10-17)16(21)20-11-12-7-5-4-6-8-12/h4-9,19H,3,11,18H2,1-2H3/b20-16-. The van der Waals surface area contributed by atoms with Gasteiger partial charge in [-0.15, -0.1) is 0 Å². The molecular formula is C16H19N5. The summed E-state index contributed by atoms with van der Waals surface area (Å²) in [5.41, 5.74) is 8.99. The van der Waals surface area contributed by atoms with Crippen LogP contribution in [0.3, 0.4) is 0 Å². The summed E-state index contributed by atoms with van der Waals surface area (Å²) in [6.07, 6.45) is 0.